The van der Waals surface area contributed by atoms with E-state index >= 15 is 0 Å². The summed E-state index contributed by atoms with van der Waals surface area (Å²) in [6, 6.07) is 8.01. The van der Waals surface area contributed by atoms with Gasteiger partial charge in [-0.25, -0.2) is 0 Å². The van der Waals surface area contributed by atoms with Gasteiger partial charge < -0.3 is 9.84 Å². The number of carboxylic acid groups (broad SMARTS) is 1. The number of para-hydroxylation sites is 1. The minimum absolute atomic E-state index is 0.00297. The summed E-state index contributed by atoms with van der Waals surface area (Å²) in [4.78, 5) is 27.1. The summed E-state index contributed by atoms with van der Waals surface area (Å²) in [5.74, 6) is 2.23. The normalized spacial score (nSPS) is 44.9. The second kappa shape index (κ2) is 9.57. The zero-order valence-electron chi connectivity index (χ0n) is 27.0. The molecule has 1 aromatic rings. The number of carbonyl (C=O) groups excluding carboxylic acids is 1. The summed E-state index contributed by atoms with van der Waals surface area (Å²) in [7, 11) is 1.69. The summed E-state index contributed by atoms with van der Waals surface area (Å²) in [6.45, 7) is 18.5. The van der Waals surface area contributed by atoms with Gasteiger partial charge >= 0.3 is 5.97 Å². The van der Waals surface area contributed by atoms with Gasteiger partial charge in [-0.2, -0.15) is 0 Å². The van der Waals surface area contributed by atoms with Crippen molar-refractivity contribution < 1.29 is 19.4 Å². The van der Waals surface area contributed by atoms with Gasteiger partial charge in [0.1, 0.15) is 5.75 Å². The van der Waals surface area contributed by atoms with Crippen LogP contribution in [0.15, 0.2) is 42.0 Å². The Bertz CT molecular complexity index is 1350. The molecule has 5 saturated carbocycles. The maximum Gasteiger partial charge on any atom is 0.309 e. The highest BCUT2D eigenvalue weighted by Crippen LogP contribution is 2.77. The Labute approximate surface area is 253 Å². The van der Waals surface area contributed by atoms with Crippen LogP contribution in [0.2, 0.25) is 0 Å². The molecule has 5 aliphatic carbocycles. The highest BCUT2D eigenvalue weighted by atomic mass is 16.5. The number of hydrogen-bond acceptors (Lipinski definition) is 3. The predicted molar refractivity (Wildman–Crippen MR) is 168 cm³/mol. The van der Waals surface area contributed by atoms with E-state index in [0.717, 1.165) is 74.7 Å². The molecule has 0 heterocycles. The van der Waals surface area contributed by atoms with Crippen molar-refractivity contribution in [2.24, 2.45) is 56.7 Å². The summed E-state index contributed by atoms with van der Waals surface area (Å²) in [5, 5.41) is 10.7. The molecular weight excluding hydrogens is 520 g/mol. The first-order valence-corrected chi connectivity index (χ1v) is 16.4. The Morgan fingerprint density at radius 2 is 1.67 bits per heavy atom. The van der Waals surface area contributed by atoms with Crippen molar-refractivity contribution in [2.75, 3.05) is 7.11 Å². The summed E-state index contributed by atoms with van der Waals surface area (Å²) < 4.78 is 5.66. The fourth-order valence-electron chi connectivity index (χ4n) is 12.5. The van der Waals surface area contributed by atoms with Gasteiger partial charge in [0.2, 0.25) is 0 Å². The van der Waals surface area contributed by atoms with Crippen LogP contribution in [0.3, 0.4) is 0 Å². The highest BCUT2D eigenvalue weighted by molar-refractivity contribution is 6.04. The van der Waals surface area contributed by atoms with E-state index in [0.29, 0.717) is 29.5 Å². The standard InChI is InChI=1S/C38H52O4/c1-23(2)26-15-18-38(33(40)41)20-19-36(6)27(31(26)38)13-14-30-35(5)22-25(21-24-11-9-10-12-28(24)42-8)32(39)34(3,4)29(35)16-17-37(30,36)7/h9-12,21,26-27,29-31H,1,13-20,22H2,2-8H3,(H,40,41)/t26-,27?,29?,30?,31?,35-,36+,37+,38?/m0/s1. The van der Waals surface area contributed by atoms with E-state index in [1.807, 2.05) is 24.3 Å². The molecule has 4 nitrogen and oxygen atoms in total. The molecule has 1 aromatic carbocycles. The second-order valence-corrected chi connectivity index (χ2v) is 16.3. The average molecular weight is 573 g/mol. The lowest BCUT2D eigenvalue weighted by Gasteiger charge is -2.72. The quantitative estimate of drug-likeness (QED) is 0.289. The van der Waals surface area contributed by atoms with Gasteiger partial charge in [0.05, 0.1) is 12.5 Å². The van der Waals surface area contributed by atoms with E-state index in [4.69, 9.17) is 4.74 Å². The van der Waals surface area contributed by atoms with Crippen molar-refractivity contribution in [3.05, 3.63) is 47.6 Å². The van der Waals surface area contributed by atoms with E-state index in [-0.39, 0.29) is 22.2 Å². The molecule has 228 valence electrons. The Morgan fingerprint density at radius 1 is 0.952 bits per heavy atom. The third-order valence-corrected chi connectivity index (χ3v) is 14.5. The number of ketones is 1. The fourth-order valence-corrected chi connectivity index (χ4v) is 12.5. The van der Waals surface area contributed by atoms with Crippen LogP contribution in [0.25, 0.3) is 6.08 Å². The number of carboxylic acids is 1. The van der Waals surface area contributed by atoms with Crippen LogP contribution in [-0.4, -0.2) is 24.0 Å². The Morgan fingerprint density at radius 3 is 2.33 bits per heavy atom. The lowest BCUT2D eigenvalue weighted by atomic mass is 9.32. The number of fused-ring (bicyclic) bond motifs is 7. The third-order valence-electron chi connectivity index (χ3n) is 14.5. The number of hydrogen-bond donors (Lipinski definition) is 1. The minimum Gasteiger partial charge on any atom is -0.496 e. The number of Topliss-reactive ketones (excluding diaryl/α,β-unsaturated/α-hetero) is 1. The molecular formula is C38H52O4. The van der Waals surface area contributed by atoms with Crippen LogP contribution < -0.4 is 4.74 Å². The SMILES string of the molecule is C=C(C)[C@@H]1CCC2(C(=O)O)CC[C@]3(C)C(CCC4[C@@]5(C)CC(=Cc6ccccc6OC)C(=O)C(C)(C)C5CC[C@]43C)C12. The molecule has 0 aromatic heterocycles. The molecule has 0 bridgehead atoms. The van der Waals surface area contributed by atoms with Crippen LogP contribution in [0.5, 0.6) is 5.75 Å². The van der Waals surface area contributed by atoms with E-state index in [9.17, 15) is 14.7 Å². The molecule has 4 heteroatoms. The Kier molecular flexibility index (Phi) is 6.77. The number of carbonyl (C=O) groups is 2. The smallest absolute Gasteiger partial charge is 0.309 e. The van der Waals surface area contributed by atoms with Crippen molar-refractivity contribution in [1.82, 2.24) is 0 Å². The van der Waals surface area contributed by atoms with Crippen molar-refractivity contribution in [1.29, 1.82) is 0 Å². The lowest BCUT2D eigenvalue weighted by Crippen LogP contribution is -2.67. The first-order valence-electron chi connectivity index (χ1n) is 16.4. The number of aliphatic carboxylic acids is 1. The fraction of sp³-hybridized carbons (Fsp3) is 0.684. The zero-order valence-corrected chi connectivity index (χ0v) is 27.0. The van der Waals surface area contributed by atoms with Crippen LogP contribution in [0.1, 0.15) is 105 Å². The van der Waals surface area contributed by atoms with Gasteiger partial charge in [0, 0.05) is 11.0 Å². The lowest BCUT2D eigenvalue weighted by molar-refractivity contribution is -0.231. The Balaban J connectivity index is 1.42. The van der Waals surface area contributed by atoms with E-state index in [1.165, 1.54) is 5.57 Å². The summed E-state index contributed by atoms with van der Waals surface area (Å²) in [6.07, 6.45) is 10.8. The molecule has 5 unspecified atom stereocenters. The molecule has 9 atom stereocenters. The van der Waals surface area contributed by atoms with Crippen molar-refractivity contribution >= 4 is 17.8 Å². The maximum atomic E-state index is 14.1. The summed E-state index contributed by atoms with van der Waals surface area (Å²) >= 11 is 0. The van der Waals surface area contributed by atoms with Gasteiger partial charge in [-0.1, -0.05) is 65.0 Å². The van der Waals surface area contributed by atoms with Crippen LogP contribution in [0.4, 0.5) is 0 Å². The molecule has 0 aliphatic heterocycles. The van der Waals surface area contributed by atoms with E-state index in [1.54, 1.807) is 7.11 Å². The number of allylic oxidation sites excluding steroid dienone is 2. The van der Waals surface area contributed by atoms with Gasteiger partial charge in [0.15, 0.2) is 5.78 Å². The molecule has 0 amide bonds. The number of ether oxygens (including phenoxy) is 1. The maximum absolute atomic E-state index is 14.1. The molecule has 5 aliphatic rings. The Hall–Kier alpha value is -2.36. The summed E-state index contributed by atoms with van der Waals surface area (Å²) in [5.41, 5.74) is 2.23. The number of methoxy groups -OCH3 is 1. The van der Waals surface area contributed by atoms with Gasteiger partial charge in [-0.3, -0.25) is 9.59 Å². The topological polar surface area (TPSA) is 63.6 Å². The highest BCUT2D eigenvalue weighted by Gasteiger charge is 2.72. The molecule has 42 heavy (non-hydrogen) atoms. The number of benzene rings is 1. The van der Waals surface area contributed by atoms with Crippen LogP contribution in [0, 0.1) is 56.7 Å². The van der Waals surface area contributed by atoms with Gasteiger partial charge in [-0.15, -0.1) is 0 Å². The van der Waals surface area contributed by atoms with E-state index < -0.39 is 16.8 Å². The molecule has 0 spiro atoms. The molecule has 6 rings (SSSR count). The van der Waals surface area contributed by atoms with Crippen molar-refractivity contribution in [3.8, 4) is 5.75 Å². The molecule has 0 saturated heterocycles. The molecule has 5 fully saturated rings. The monoisotopic (exact) mass is 572 g/mol. The van der Waals surface area contributed by atoms with Gasteiger partial charge in [-0.05, 0) is 128 Å². The second-order valence-electron chi connectivity index (χ2n) is 16.3. The zero-order chi connectivity index (χ0) is 30.5. The van der Waals surface area contributed by atoms with Crippen molar-refractivity contribution in [3.63, 3.8) is 0 Å². The van der Waals surface area contributed by atoms with Gasteiger partial charge in [0.25, 0.3) is 0 Å². The average Bonchev–Trinajstić information content (AvgIpc) is 3.34. The first-order chi connectivity index (χ1) is 19.7. The van der Waals surface area contributed by atoms with Crippen LogP contribution in [-0.2, 0) is 9.59 Å². The number of rotatable bonds is 4. The predicted octanol–water partition coefficient (Wildman–Crippen LogP) is 9.00. The molecule has 0 radical (unpaired) electrons. The minimum atomic E-state index is -0.595. The first kappa shape index (κ1) is 29.7. The van der Waals surface area contributed by atoms with E-state index in [2.05, 4.69) is 54.2 Å². The largest absolute Gasteiger partial charge is 0.496 e. The molecule has 1 N–H and O–H groups in total. The van der Waals surface area contributed by atoms with Crippen molar-refractivity contribution in [2.45, 2.75) is 99.3 Å². The van der Waals surface area contributed by atoms with Crippen LogP contribution >= 0.6 is 0 Å². The third kappa shape index (κ3) is 3.71.